The zero-order valence-corrected chi connectivity index (χ0v) is 16.5. The largest absolute Gasteiger partial charge is 0.344 e. The lowest BCUT2D eigenvalue weighted by Crippen LogP contribution is -2.48. The molecule has 31 heavy (non-hydrogen) atoms. The van der Waals surface area contributed by atoms with Gasteiger partial charge in [-0.2, -0.15) is 5.01 Å². The molecule has 10 heteroatoms. The molecule has 0 spiro atoms. The SMILES string of the molecule is C[C@@]1(c2ccccc2)NC(=O)N(NC(=O)CCn2[nH]c(=O)c3ccccc3c2=O)C1=O. The van der Waals surface area contributed by atoms with Gasteiger partial charge in [-0.15, -0.1) is 0 Å². The highest BCUT2D eigenvalue weighted by Crippen LogP contribution is 2.27. The van der Waals surface area contributed by atoms with E-state index in [0.717, 1.165) is 4.68 Å². The Kier molecular flexibility index (Phi) is 4.90. The van der Waals surface area contributed by atoms with Gasteiger partial charge in [-0.1, -0.05) is 42.5 Å². The minimum absolute atomic E-state index is 0.135. The number of carbonyl (C=O) groups is 3. The number of fused-ring (bicyclic) bond motifs is 1. The van der Waals surface area contributed by atoms with Crippen molar-refractivity contribution < 1.29 is 14.4 Å². The van der Waals surface area contributed by atoms with E-state index in [0.29, 0.717) is 10.6 Å². The van der Waals surface area contributed by atoms with Crippen LogP contribution in [0.3, 0.4) is 0 Å². The van der Waals surface area contributed by atoms with E-state index >= 15 is 0 Å². The Morgan fingerprint density at radius 3 is 2.32 bits per heavy atom. The quantitative estimate of drug-likeness (QED) is 0.518. The van der Waals surface area contributed by atoms with Crippen molar-refractivity contribution in [1.29, 1.82) is 0 Å². The highest BCUT2D eigenvalue weighted by molar-refractivity contribution is 6.08. The predicted molar refractivity (Wildman–Crippen MR) is 111 cm³/mol. The van der Waals surface area contributed by atoms with Crippen LogP contribution in [0.1, 0.15) is 18.9 Å². The Bertz CT molecular complexity index is 1310. The lowest BCUT2D eigenvalue weighted by molar-refractivity contribution is -0.139. The second-order valence-corrected chi connectivity index (χ2v) is 7.29. The molecule has 0 bridgehead atoms. The topological polar surface area (TPSA) is 133 Å². The van der Waals surface area contributed by atoms with Crippen LogP contribution >= 0.6 is 0 Å². The average molecular weight is 421 g/mol. The zero-order valence-electron chi connectivity index (χ0n) is 16.5. The second kappa shape index (κ2) is 7.56. The fourth-order valence-corrected chi connectivity index (χ4v) is 3.51. The molecule has 0 unspecified atom stereocenters. The van der Waals surface area contributed by atoms with Gasteiger partial charge in [0.2, 0.25) is 5.91 Å². The van der Waals surface area contributed by atoms with Crippen molar-refractivity contribution in [3.05, 3.63) is 80.9 Å². The van der Waals surface area contributed by atoms with Crippen LogP contribution in [0.25, 0.3) is 10.8 Å². The Morgan fingerprint density at radius 2 is 1.61 bits per heavy atom. The number of aryl methyl sites for hydroxylation is 1. The van der Waals surface area contributed by atoms with Gasteiger partial charge < -0.3 is 5.32 Å². The van der Waals surface area contributed by atoms with E-state index in [1.807, 2.05) is 0 Å². The molecule has 158 valence electrons. The van der Waals surface area contributed by atoms with Gasteiger partial charge in [-0.3, -0.25) is 29.7 Å². The Hall–Kier alpha value is -4.21. The van der Waals surface area contributed by atoms with Crippen molar-refractivity contribution in [2.24, 2.45) is 0 Å². The molecule has 3 aromatic rings. The number of amides is 4. The fraction of sp³-hybridized carbons (Fsp3) is 0.190. The van der Waals surface area contributed by atoms with Crippen LogP contribution < -0.4 is 21.9 Å². The van der Waals surface area contributed by atoms with Crippen LogP contribution in [0.15, 0.2) is 64.2 Å². The Balaban J connectivity index is 1.47. The van der Waals surface area contributed by atoms with E-state index in [1.165, 1.54) is 12.1 Å². The summed E-state index contributed by atoms with van der Waals surface area (Å²) < 4.78 is 1.03. The lowest BCUT2D eigenvalue weighted by atomic mass is 9.92. The van der Waals surface area contributed by atoms with Crippen LogP contribution in [-0.4, -0.2) is 32.6 Å². The summed E-state index contributed by atoms with van der Waals surface area (Å²) in [6.07, 6.45) is -0.243. The fourth-order valence-electron chi connectivity index (χ4n) is 3.51. The number of rotatable bonds is 5. The minimum atomic E-state index is -1.31. The number of urea groups is 1. The first-order valence-electron chi connectivity index (χ1n) is 9.55. The van der Waals surface area contributed by atoms with Crippen molar-refractivity contribution in [3.8, 4) is 0 Å². The number of nitrogens with one attached hydrogen (secondary N) is 3. The van der Waals surface area contributed by atoms with Crippen LogP contribution in [0.5, 0.6) is 0 Å². The smallest absolute Gasteiger partial charge is 0.318 e. The van der Waals surface area contributed by atoms with Crippen molar-refractivity contribution in [2.45, 2.75) is 25.4 Å². The van der Waals surface area contributed by atoms with Gasteiger partial charge in [0, 0.05) is 6.42 Å². The molecule has 2 heterocycles. The summed E-state index contributed by atoms with van der Waals surface area (Å²) in [4.78, 5) is 62.2. The maximum absolute atomic E-state index is 12.8. The summed E-state index contributed by atoms with van der Waals surface area (Å²) in [5.74, 6) is -1.30. The third-order valence-corrected chi connectivity index (χ3v) is 5.22. The normalized spacial score (nSPS) is 18.3. The molecule has 3 N–H and O–H groups in total. The number of carbonyl (C=O) groups excluding carboxylic acids is 3. The molecule has 2 aromatic carbocycles. The van der Waals surface area contributed by atoms with E-state index in [9.17, 15) is 24.0 Å². The third-order valence-electron chi connectivity index (χ3n) is 5.22. The monoisotopic (exact) mass is 421 g/mol. The number of imide groups is 1. The van der Waals surface area contributed by atoms with Gasteiger partial charge in [0.1, 0.15) is 5.54 Å². The van der Waals surface area contributed by atoms with Gasteiger partial charge in [0.15, 0.2) is 0 Å². The summed E-state index contributed by atoms with van der Waals surface area (Å²) in [6, 6.07) is 14.3. The van der Waals surface area contributed by atoms with Gasteiger partial charge in [-0.25, -0.2) is 9.48 Å². The number of H-pyrrole nitrogens is 1. The molecule has 1 aliphatic heterocycles. The van der Waals surface area contributed by atoms with Crippen LogP contribution in [0, 0.1) is 0 Å². The van der Waals surface area contributed by atoms with E-state index in [-0.39, 0.29) is 23.7 Å². The van der Waals surface area contributed by atoms with Gasteiger partial charge in [0.05, 0.1) is 17.3 Å². The summed E-state index contributed by atoms with van der Waals surface area (Å²) in [5.41, 5.74) is 0.627. The number of hydrogen-bond donors (Lipinski definition) is 3. The number of nitrogens with zero attached hydrogens (tertiary/aromatic N) is 2. The summed E-state index contributed by atoms with van der Waals surface area (Å²) in [7, 11) is 0. The molecule has 10 nitrogen and oxygen atoms in total. The molecular weight excluding hydrogens is 402 g/mol. The maximum atomic E-state index is 12.8. The molecule has 0 aliphatic carbocycles. The van der Waals surface area contributed by atoms with E-state index in [2.05, 4.69) is 15.8 Å². The minimum Gasteiger partial charge on any atom is -0.318 e. The predicted octanol–water partition coefficient (Wildman–Crippen LogP) is 0.578. The standard InChI is InChI=1S/C21H19N5O5/c1-21(13-7-3-2-4-8-13)19(30)26(20(31)22-21)23-16(27)11-12-25-18(29)15-10-6-5-9-14(15)17(28)24-25/h2-10H,11-12H2,1H3,(H,22,31)(H,23,27)(H,24,28)/t21-/m0/s1. The third kappa shape index (κ3) is 3.48. The van der Waals surface area contributed by atoms with E-state index in [1.54, 1.807) is 49.4 Å². The molecule has 1 fully saturated rings. The van der Waals surface area contributed by atoms with Crippen LogP contribution in [0.2, 0.25) is 0 Å². The van der Waals surface area contributed by atoms with Crippen LogP contribution in [0.4, 0.5) is 4.79 Å². The number of benzene rings is 2. The Labute approximate surface area is 175 Å². The summed E-state index contributed by atoms with van der Waals surface area (Å²) in [5, 5.41) is 6.13. The number of aromatic amines is 1. The molecule has 0 saturated carbocycles. The van der Waals surface area contributed by atoms with Crippen LogP contribution in [-0.2, 0) is 21.7 Å². The average Bonchev–Trinajstić information content (AvgIpc) is 3.00. The molecule has 1 aromatic heterocycles. The number of aromatic nitrogens is 2. The summed E-state index contributed by atoms with van der Waals surface area (Å²) >= 11 is 0. The van der Waals surface area contributed by atoms with Crippen molar-refractivity contribution >= 4 is 28.6 Å². The first-order chi connectivity index (χ1) is 14.8. The zero-order chi connectivity index (χ0) is 22.2. The summed E-state index contributed by atoms with van der Waals surface area (Å²) in [6.45, 7) is 1.42. The Morgan fingerprint density at radius 1 is 0.968 bits per heavy atom. The van der Waals surface area contributed by atoms with Crippen molar-refractivity contribution in [1.82, 2.24) is 25.5 Å². The van der Waals surface area contributed by atoms with Gasteiger partial charge in [0.25, 0.3) is 17.0 Å². The molecular formula is C21H19N5O5. The van der Waals surface area contributed by atoms with E-state index in [4.69, 9.17) is 0 Å². The maximum Gasteiger partial charge on any atom is 0.344 e. The van der Waals surface area contributed by atoms with Gasteiger partial charge in [-0.05, 0) is 24.6 Å². The van der Waals surface area contributed by atoms with E-state index < -0.39 is 34.5 Å². The highest BCUT2D eigenvalue weighted by Gasteiger charge is 2.49. The molecule has 1 atom stereocenters. The van der Waals surface area contributed by atoms with Crippen molar-refractivity contribution in [2.75, 3.05) is 0 Å². The van der Waals surface area contributed by atoms with Gasteiger partial charge >= 0.3 is 6.03 Å². The second-order valence-electron chi connectivity index (χ2n) is 7.29. The molecule has 4 amide bonds. The number of hydrogen-bond acceptors (Lipinski definition) is 5. The lowest BCUT2D eigenvalue weighted by Gasteiger charge is -2.22. The first kappa shape index (κ1) is 20.1. The molecule has 1 aliphatic rings. The first-order valence-corrected chi connectivity index (χ1v) is 9.55. The highest BCUT2D eigenvalue weighted by atomic mass is 16.2. The molecule has 0 radical (unpaired) electrons. The van der Waals surface area contributed by atoms with Crippen molar-refractivity contribution in [3.63, 3.8) is 0 Å². The molecule has 1 saturated heterocycles. The number of hydrazine groups is 1. The molecule has 4 rings (SSSR count).